The topological polar surface area (TPSA) is 107 Å². The third-order valence-electron chi connectivity index (χ3n) is 9.50. The minimum absolute atomic E-state index is 0.0435. The summed E-state index contributed by atoms with van der Waals surface area (Å²) in [4.78, 5) is 15.3. The molecule has 4 aliphatic heterocycles. The van der Waals surface area contributed by atoms with Crippen LogP contribution in [0.5, 0.6) is 0 Å². The summed E-state index contributed by atoms with van der Waals surface area (Å²) in [7, 11) is 3.86. The largest absolute Gasteiger partial charge is 0.459 e. The number of aliphatic hydroxyl groups excluding tert-OH is 2. The third-order valence-corrected chi connectivity index (χ3v) is 9.50. The molecule has 13 atom stereocenters. The van der Waals surface area contributed by atoms with Crippen LogP contribution in [0.4, 0.5) is 0 Å². The van der Waals surface area contributed by atoms with Crippen LogP contribution in [0.2, 0.25) is 0 Å². The quantitative estimate of drug-likeness (QED) is 0.412. The standard InChI is InChI=1S/C29H49NO8/c1-11-21-27(7)13-15(2)29(37-27)16(3)14-28(8,38-29)24(18(5)22(31)19(6)25(33)35-21)36-26-23(32)20(30(9)10)12-17(4)34-26/h13,16-24,26,31-32H,11-12,14H2,1-10H3. The average Bonchev–Trinajstić information content (AvgIpc) is 3.25. The molecule has 0 amide bonds. The average molecular weight is 540 g/mol. The van der Waals surface area contributed by atoms with Gasteiger partial charge in [0, 0.05) is 17.9 Å². The van der Waals surface area contributed by atoms with Crippen LogP contribution < -0.4 is 0 Å². The van der Waals surface area contributed by atoms with Gasteiger partial charge in [0.15, 0.2) is 12.1 Å². The van der Waals surface area contributed by atoms with Gasteiger partial charge in [-0.05, 0) is 79.6 Å². The van der Waals surface area contributed by atoms with E-state index in [1.54, 1.807) is 6.92 Å². The number of carbonyl (C=O) groups excluding carboxylic acids is 1. The SMILES string of the molecule is CCC1OC(=O)C(C)C(O)C(C)C(OC2OC(C)CC(N(C)C)C2O)C2(C)CC(C)C3(OC1(C)C=C3C)O2. The van der Waals surface area contributed by atoms with Gasteiger partial charge in [-0.1, -0.05) is 20.8 Å². The van der Waals surface area contributed by atoms with Gasteiger partial charge in [-0.25, -0.2) is 0 Å². The number of likely N-dealkylation sites (N-methyl/N-ethyl adjacent to an activating group) is 1. The molecule has 0 aliphatic carbocycles. The number of fused-ring (bicyclic) bond motifs is 2. The molecule has 13 unspecified atom stereocenters. The second-order valence-corrected chi connectivity index (χ2v) is 12.9. The summed E-state index contributed by atoms with van der Waals surface area (Å²) in [5, 5.41) is 22.7. The van der Waals surface area contributed by atoms with Gasteiger partial charge < -0.3 is 38.8 Å². The maximum Gasteiger partial charge on any atom is 0.311 e. The van der Waals surface area contributed by atoms with Gasteiger partial charge in [0.1, 0.15) is 17.8 Å². The number of carbonyl (C=O) groups is 1. The number of hydrogen-bond donors (Lipinski definition) is 2. The minimum atomic E-state index is -1.07. The third kappa shape index (κ3) is 4.86. The summed E-state index contributed by atoms with van der Waals surface area (Å²) < 4.78 is 32.4. The second kappa shape index (κ2) is 10.4. The van der Waals surface area contributed by atoms with E-state index in [-0.39, 0.29) is 18.1 Å². The van der Waals surface area contributed by atoms with Gasteiger partial charge in [-0.3, -0.25) is 4.79 Å². The summed E-state index contributed by atoms with van der Waals surface area (Å²) in [6.45, 7) is 15.5. The Morgan fingerprint density at radius 2 is 1.76 bits per heavy atom. The van der Waals surface area contributed by atoms with Crippen LogP contribution >= 0.6 is 0 Å². The van der Waals surface area contributed by atoms with Crippen LogP contribution in [0, 0.1) is 17.8 Å². The van der Waals surface area contributed by atoms with E-state index in [0.717, 1.165) is 5.57 Å². The Labute approximate surface area is 227 Å². The van der Waals surface area contributed by atoms with Crippen molar-refractivity contribution in [3.05, 3.63) is 11.6 Å². The van der Waals surface area contributed by atoms with Crippen LogP contribution in [-0.2, 0) is 28.5 Å². The number of esters is 1. The van der Waals surface area contributed by atoms with Crippen LogP contribution in [-0.4, -0.2) is 95.0 Å². The normalized spacial score (nSPS) is 51.8. The van der Waals surface area contributed by atoms with Crippen molar-refractivity contribution in [2.75, 3.05) is 14.1 Å². The number of hydrogen-bond acceptors (Lipinski definition) is 9. The minimum Gasteiger partial charge on any atom is -0.459 e. The fraction of sp³-hybridized carbons (Fsp3) is 0.897. The molecule has 1 spiro atoms. The van der Waals surface area contributed by atoms with Crippen molar-refractivity contribution in [3.8, 4) is 0 Å². The fourth-order valence-electron chi connectivity index (χ4n) is 7.37. The highest BCUT2D eigenvalue weighted by Crippen LogP contribution is 2.56. The number of cyclic esters (lactones) is 1. The first-order valence-corrected chi connectivity index (χ1v) is 14.2. The molecule has 3 fully saturated rings. The highest BCUT2D eigenvalue weighted by Gasteiger charge is 2.64. The molecule has 0 aromatic heterocycles. The van der Waals surface area contributed by atoms with Gasteiger partial charge in [0.05, 0.1) is 29.8 Å². The van der Waals surface area contributed by atoms with Crippen molar-refractivity contribution in [2.45, 2.75) is 134 Å². The van der Waals surface area contributed by atoms with Crippen LogP contribution in [0.15, 0.2) is 11.6 Å². The number of ether oxygens (including phenoxy) is 5. The van der Waals surface area contributed by atoms with Crippen LogP contribution in [0.3, 0.4) is 0 Å². The molecule has 218 valence electrons. The highest BCUT2D eigenvalue weighted by molar-refractivity contribution is 5.73. The van der Waals surface area contributed by atoms with Crippen molar-refractivity contribution < 1.29 is 38.7 Å². The maximum atomic E-state index is 13.3. The van der Waals surface area contributed by atoms with Gasteiger partial charge >= 0.3 is 5.97 Å². The number of rotatable bonds is 4. The van der Waals surface area contributed by atoms with Gasteiger partial charge in [-0.15, -0.1) is 0 Å². The Balaban J connectivity index is 1.77. The van der Waals surface area contributed by atoms with Crippen LogP contribution in [0.1, 0.15) is 74.7 Å². The zero-order chi connectivity index (χ0) is 28.4. The highest BCUT2D eigenvalue weighted by atomic mass is 16.8. The molecule has 4 heterocycles. The van der Waals surface area contributed by atoms with E-state index >= 15 is 0 Å². The Hall–Kier alpha value is -1.07. The molecular formula is C29H49NO8. The summed E-state index contributed by atoms with van der Waals surface area (Å²) in [6, 6.07) is -0.151. The molecule has 3 bridgehead atoms. The molecule has 0 aromatic carbocycles. The lowest BCUT2D eigenvalue weighted by molar-refractivity contribution is -0.327. The van der Waals surface area contributed by atoms with Crippen molar-refractivity contribution in [1.29, 1.82) is 0 Å². The van der Waals surface area contributed by atoms with E-state index in [1.807, 2.05) is 66.6 Å². The van der Waals surface area contributed by atoms with E-state index in [9.17, 15) is 15.0 Å². The summed E-state index contributed by atoms with van der Waals surface area (Å²) in [5.41, 5.74) is -0.848. The van der Waals surface area contributed by atoms with Crippen molar-refractivity contribution in [3.63, 3.8) is 0 Å². The first-order valence-electron chi connectivity index (χ1n) is 14.2. The first-order chi connectivity index (χ1) is 17.6. The van der Waals surface area contributed by atoms with Gasteiger partial charge in [0.25, 0.3) is 0 Å². The molecule has 4 aliphatic rings. The summed E-state index contributed by atoms with van der Waals surface area (Å²) >= 11 is 0. The number of nitrogens with zero attached hydrogens (tertiary/aromatic N) is 1. The molecule has 9 heteroatoms. The van der Waals surface area contributed by atoms with E-state index in [2.05, 4.69) is 6.92 Å². The van der Waals surface area contributed by atoms with Crippen LogP contribution in [0.25, 0.3) is 0 Å². The lowest BCUT2D eigenvalue weighted by Gasteiger charge is -2.47. The molecule has 0 saturated carbocycles. The molecule has 4 rings (SSSR count). The lowest BCUT2D eigenvalue weighted by Crippen LogP contribution is -2.59. The predicted octanol–water partition coefficient (Wildman–Crippen LogP) is 3.01. The Bertz CT molecular complexity index is 926. The summed E-state index contributed by atoms with van der Waals surface area (Å²) in [5.74, 6) is -2.90. The van der Waals surface area contributed by atoms with Gasteiger partial charge in [0.2, 0.25) is 0 Å². The summed E-state index contributed by atoms with van der Waals surface area (Å²) in [6.07, 6.45) is -0.437. The first kappa shape index (κ1) is 29.9. The van der Waals surface area contributed by atoms with Crippen molar-refractivity contribution in [2.24, 2.45) is 17.8 Å². The molecule has 9 nitrogen and oxygen atoms in total. The lowest BCUT2D eigenvalue weighted by atomic mass is 9.78. The molecule has 2 N–H and O–H groups in total. The van der Waals surface area contributed by atoms with E-state index in [1.165, 1.54) is 0 Å². The Kier molecular flexibility index (Phi) is 8.18. The second-order valence-electron chi connectivity index (χ2n) is 12.9. The van der Waals surface area contributed by atoms with Crippen molar-refractivity contribution >= 4 is 5.97 Å². The maximum absolute atomic E-state index is 13.3. The van der Waals surface area contributed by atoms with E-state index in [0.29, 0.717) is 19.3 Å². The van der Waals surface area contributed by atoms with E-state index < -0.39 is 65.5 Å². The predicted molar refractivity (Wildman–Crippen MR) is 141 cm³/mol. The molecule has 3 saturated heterocycles. The Morgan fingerprint density at radius 1 is 1.11 bits per heavy atom. The van der Waals surface area contributed by atoms with Gasteiger partial charge in [-0.2, -0.15) is 0 Å². The molecule has 0 aromatic rings. The number of aliphatic hydroxyl groups is 2. The fourth-order valence-corrected chi connectivity index (χ4v) is 7.37. The monoisotopic (exact) mass is 539 g/mol. The molecule has 0 radical (unpaired) electrons. The smallest absolute Gasteiger partial charge is 0.311 e. The zero-order valence-electron chi connectivity index (χ0n) is 24.8. The molecular weight excluding hydrogens is 490 g/mol. The van der Waals surface area contributed by atoms with Crippen molar-refractivity contribution in [1.82, 2.24) is 4.90 Å². The van der Waals surface area contributed by atoms with E-state index in [4.69, 9.17) is 23.7 Å². The molecule has 38 heavy (non-hydrogen) atoms. The Morgan fingerprint density at radius 3 is 2.37 bits per heavy atom. The zero-order valence-corrected chi connectivity index (χ0v) is 24.8.